The van der Waals surface area contributed by atoms with Gasteiger partial charge in [-0.15, -0.1) is 0 Å². The van der Waals surface area contributed by atoms with Gasteiger partial charge in [-0.1, -0.05) is 0 Å². The summed E-state index contributed by atoms with van der Waals surface area (Å²) in [5.74, 6) is -3.67. The van der Waals surface area contributed by atoms with Crippen LogP contribution in [0, 0.1) is 0 Å². The van der Waals surface area contributed by atoms with Crippen LogP contribution in [0.15, 0.2) is 24.3 Å². The van der Waals surface area contributed by atoms with Gasteiger partial charge in [-0.25, -0.2) is 19.2 Å². The van der Waals surface area contributed by atoms with E-state index in [1.807, 2.05) is 0 Å². The Morgan fingerprint density at radius 2 is 1.00 bits per heavy atom. The van der Waals surface area contributed by atoms with Gasteiger partial charge in [-0.3, -0.25) is 0 Å². The molecule has 2 N–H and O–H groups in total. The normalized spacial score (nSPS) is 8.95. The first-order valence-corrected chi connectivity index (χ1v) is 4.31. The number of carboxylic acids is 2. The first-order chi connectivity index (χ1) is 8.33. The third-order valence-corrected chi connectivity index (χ3v) is 1.13. The van der Waals surface area contributed by atoms with Crippen LogP contribution in [0.25, 0.3) is 0 Å². The molecule has 0 rings (SSSR count). The molecule has 8 nitrogen and oxygen atoms in total. The number of carboxylic acid groups (broad SMARTS) is 2. The maximum atomic E-state index is 10.1. The minimum absolute atomic E-state index is 0. The number of hydrogen-bond acceptors (Lipinski definition) is 6. The van der Waals surface area contributed by atoms with Gasteiger partial charge in [0.1, 0.15) is 0 Å². The second kappa shape index (κ2) is 14.7. The van der Waals surface area contributed by atoms with Crippen molar-refractivity contribution in [2.45, 2.75) is 0 Å². The Morgan fingerprint density at radius 1 is 0.737 bits per heavy atom. The molecule has 0 saturated carbocycles. The van der Waals surface area contributed by atoms with E-state index in [2.05, 4.69) is 9.47 Å². The SMILES string of the molecule is COC(=O)/C=C/C(=O)O.COC(=O)/C=C/C(=O)O.[Ca]. The molecule has 0 atom stereocenters. The molecule has 0 aliphatic carbocycles. The second-order valence-corrected chi connectivity index (χ2v) is 2.39. The standard InChI is InChI=1S/2C5H6O4.Ca/c2*1-9-5(8)3-2-4(6)7;/h2*2-3H,1H3,(H,6,7);/b2*3-2+;. The number of rotatable bonds is 4. The molecule has 0 heterocycles. The fourth-order valence-electron chi connectivity index (χ4n) is 0.415. The molecule has 9 heteroatoms. The molecule has 0 amide bonds. The van der Waals surface area contributed by atoms with Crippen molar-refractivity contribution in [3.63, 3.8) is 0 Å². The van der Waals surface area contributed by atoms with E-state index in [0.717, 1.165) is 12.2 Å². The van der Waals surface area contributed by atoms with Gasteiger partial charge in [0, 0.05) is 62.0 Å². The van der Waals surface area contributed by atoms with E-state index in [1.54, 1.807) is 0 Å². The fourth-order valence-corrected chi connectivity index (χ4v) is 0.415. The first-order valence-electron chi connectivity index (χ1n) is 4.31. The molecule has 0 aromatic rings. The van der Waals surface area contributed by atoms with E-state index in [1.165, 1.54) is 14.2 Å². The summed E-state index contributed by atoms with van der Waals surface area (Å²) in [6.45, 7) is 0. The molecule has 0 aromatic heterocycles. The average molecular weight is 300 g/mol. The zero-order chi connectivity index (χ0) is 14.6. The second-order valence-electron chi connectivity index (χ2n) is 2.39. The van der Waals surface area contributed by atoms with Crippen molar-refractivity contribution in [2.75, 3.05) is 14.2 Å². The number of carbonyl (C=O) groups is 4. The molecule has 0 fully saturated rings. The van der Waals surface area contributed by atoms with Gasteiger partial charge < -0.3 is 19.7 Å². The average Bonchev–Trinajstić information content (AvgIpc) is 2.33. The Balaban J connectivity index is -0.000000256. The molecule has 19 heavy (non-hydrogen) atoms. The van der Waals surface area contributed by atoms with Crippen LogP contribution in [-0.2, 0) is 28.7 Å². The molecule has 102 valence electrons. The maximum absolute atomic E-state index is 10.1. The zero-order valence-electron chi connectivity index (χ0n) is 10.4. The number of aliphatic carboxylic acids is 2. The Morgan fingerprint density at radius 3 is 1.16 bits per heavy atom. The summed E-state index contributed by atoms with van der Waals surface area (Å²) < 4.78 is 8.22. The number of esters is 2. The first kappa shape index (κ1) is 22.8. The van der Waals surface area contributed by atoms with E-state index in [0.29, 0.717) is 12.2 Å². The molecular formula is C10H12CaO8. The van der Waals surface area contributed by atoms with Crippen LogP contribution in [0.3, 0.4) is 0 Å². The summed E-state index contributed by atoms with van der Waals surface area (Å²) in [6.07, 6.45) is 3.10. The molecule has 0 unspecified atom stereocenters. The van der Waals surface area contributed by atoms with Crippen LogP contribution in [0.4, 0.5) is 0 Å². The van der Waals surface area contributed by atoms with Gasteiger partial charge in [0.25, 0.3) is 0 Å². The number of hydrogen-bond donors (Lipinski definition) is 2. The molecule has 0 spiro atoms. The fraction of sp³-hybridized carbons (Fsp3) is 0.200. The zero-order valence-corrected chi connectivity index (χ0v) is 12.6. The predicted octanol–water partition coefficient (Wildman–Crippen LogP) is -0.780. The molecule has 0 bridgehead atoms. The van der Waals surface area contributed by atoms with E-state index in [4.69, 9.17) is 10.2 Å². The van der Waals surface area contributed by atoms with Crippen molar-refractivity contribution in [1.29, 1.82) is 0 Å². The van der Waals surface area contributed by atoms with Gasteiger partial charge in [0.2, 0.25) is 0 Å². The molecular weight excluding hydrogens is 288 g/mol. The number of carbonyl (C=O) groups excluding carboxylic acids is 2. The van der Waals surface area contributed by atoms with Crippen molar-refractivity contribution in [3.05, 3.63) is 24.3 Å². The summed E-state index contributed by atoms with van der Waals surface area (Å²) in [7, 11) is 2.35. The summed E-state index contributed by atoms with van der Waals surface area (Å²) in [6, 6.07) is 0. The summed E-state index contributed by atoms with van der Waals surface area (Å²) in [4.78, 5) is 39.7. The van der Waals surface area contributed by atoms with E-state index in [9.17, 15) is 19.2 Å². The van der Waals surface area contributed by atoms with Crippen LogP contribution >= 0.6 is 0 Å². The molecule has 0 aromatic carbocycles. The minimum Gasteiger partial charge on any atom is -0.478 e. The molecule has 2 radical (unpaired) electrons. The van der Waals surface area contributed by atoms with Gasteiger partial charge >= 0.3 is 23.9 Å². The van der Waals surface area contributed by atoms with Crippen LogP contribution in [0.2, 0.25) is 0 Å². The Bertz CT molecular complexity index is 336. The van der Waals surface area contributed by atoms with Crippen LogP contribution < -0.4 is 0 Å². The van der Waals surface area contributed by atoms with Crippen molar-refractivity contribution in [1.82, 2.24) is 0 Å². The van der Waals surface area contributed by atoms with Gasteiger partial charge in [0.15, 0.2) is 0 Å². The quantitative estimate of drug-likeness (QED) is 0.393. The molecule has 0 aliphatic rings. The summed E-state index contributed by atoms with van der Waals surface area (Å²) in [5, 5.41) is 15.9. The van der Waals surface area contributed by atoms with Crippen LogP contribution in [0.1, 0.15) is 0 Å². The van der Waals surface area contributed by atoms with Crippen molar-refractivity contribution >= 4 is 61.6 Å². The Labute approximate surface area is 138 Å². The van der Waals surface area contributed by atoms with E-state index < -0.39 is 23.9 Å². The van der Waals surface area contributed by atoms with Gasteiger partial charge in [-0.2, -0.15) is 0 Å². The Kier molecular flexibility index (Phi) is 17.6. The summed E-state index contributed by atoms with van der Waals surface area (Å²) >= 11 is 0. The largest absolute Gasteiger partial charge is 0.478 e. The monoisotopic (exact) mass is 300 g/mol. The molecule has 0 saturated heterocycles. The Hall–Kier alpha value is -1.38. The third kappa shape index (κ3) is 22.3. The van der Waals surface area contributed by atoms with Crippen LogP contribution in [-0.4, -0.2) is 86.0 Å². The predicted molar refractivity (Wildman–Crippen MR) is 63.3 cm³/mol. The van der Waals surface area contributed by atoms with Crippen molar-refractivity contribution in [3.8, 4) is 0 Å². The number of methoxy groups -OCH3 is 2. The topological polar surface area (TPSA) is 127 Å². The minimum atomic E-state index is -1.17. The summed E-state index contributed by atoms with van der Waals surface area (Å²) in [5.41, 5.74) is 0. The van der Waals surface area contributed by atoms with E-state index in [-0.39, 0.29) is 37.7 Å². The van der Waals surface area contributed by atoms with Gasteiger partial charge in [0.05, 0.1) is 14.2 Å². The van der Waals surface area contributed by atoms with Crippen molar-refractivity contribution in [2.24, 2.45) is 0 Å². The van der Waals surface area contributed by atoms with Gasteiger partial charge in [-0.05, 0) is 0 Å². The number of ether oxygens (including phenoxy) is 2. The van der Waals surface area contributed by atoms with Crippen molar-refractivity contribution < 1.29 is 38.9 Å². The van der Waals surface area contributed by atoms with Crippen LogP contribution in [0.5, 0.6) is 0 Å². The maximum Gasteiger partial charge on any atom is 0.330 e. The smallest absolute Gasteiger partial charge is 0.330 e. The third-order valence-electron chi connectivity index (χ3n) is 1.13. The molecule has 0 aliphatic heterocycles. The van der Waals surface area contributed by atoms with E-state index >= 15 is 0 Å².